The van der Waals surface area contributed by atoms with Crippen LogP contribution in [0.1, 0.15) is 68.7 Å². The Kier molecular flexibility index (Phi) is 10.7. The fraction of sp³-hybridized carbons (Fsp3) is 0.643. The number of rotatable bonds is 2. The summed E-state index contributed by atoms with van der Waals surface area (Å²) in [6, 6.07) is 0. The third kappa shape index (κ3) is 7.30. The Labute approximate surface area is 191 Å². The summed E-state index contributed by atoms with van der Waals surface area (Å²) < 4.78 is 0. The summed E-state index contributed by atoms with van der Waals surface area (Å²) in [7, 11) is 0. The maximum atomic E-state index is 10.1. The van der Waals surface area contributed by atoms with Crippen LogP contribution >= 0.6 is 0 Å². The van der Waals surface area contributed by atoms with E-state index in [1.54, 1.807) is 0 Å². The average molecular weight is 431 g/mol. The van der Waals surface area contributed by atoms with Gasteiger partial charge in [0.15, 0.2) is 0 Å². The largest absolute Gasteiger partial charge is 0.392 e. The molecule has 3 N–H and O–H groups in total. The minimum Gasteiger partial charge on any atom is -0.392 e. The zero-order chi connectivity index (χ0) is 24.0. The van der Waals surface area contributed by atoms with E-state index < -0.39 is 12.2 Å². The van der Waals surface area contributed by atoms with Gasteiger partial charge in [-0.1, -0.05) is 82.2 Å². The van der Waals surface area contributed by atoms with Crippen LogP contribution in [0.3, 0.4) is 0 Å². The Morgan fingerprint density at radius 3 is 1.77 bits per heavy atom. The van der Waals surface area contributed by atoms with E-state index in [0.717, 1.165) is 17.6 Å². The molecule has 2 fully saturated rings. The standard InChI is InChI=1S/C14H22O2.C14H24O/c1-8(2)6-7-12-9(3)13(15)11(5)14(16)10(12)4;1-9(2)6-7-13-8-10(3)11(4)14(15)12(13)5/h6-7,10-11,13-16H,3H2,1-2,4-5H3;6-7,10-12,14-15H,8H2,1-5H3/b12-7+;13-7+/t10-,11+,13-,14-;10-,11+,12-,14+/m11/s1. The molecule has 2 aliphatic carbocycles. The molecule has 8 atom stereocenters. The first-order chi connectivity index (χ1) is 14.3. The summed E-state index contributed by atoms with van der Waals surface area (Å²) in [5.41, 5.74) is 5.60. The molecule has 0 aromatic rings. The first kappa shape index (κ1) is 27.6. The van der Waals surface area contributed by atoms with Crippen LogP contribution in [-0.2, 0) is 0 Å². The van der Waals surface area contributed by atoms with Gasteiger partial charge in [0.2, 0.25) is 0 Å². The molecule has 0 amide bonds. The molecule has 0 bridgehead atoms. The van der Waals surface area contributed by atoms with Crippen LogP contribution in [0.4, 0.5) is 0 Å². The lowest BCUT2D eigenvalue weighted by atomic mass is 9.71. The van der Waals surface area contributed by atoms with Crippen molar-refractivity contribution >= 4 is 0 Å². The monoisotopic (exact) mass is 430 g/mol. The summed E-state index contributed by atoms with van der Waals surface area (Å²) >= 11 is 0. The van der Waals surface area contributed by atoms with Crippen LogP contribution < -0.4 is 0 Å². The molecule has 0 aromatic carbocycles. The van der Waals surface area contributed by atoms with Gasteiger partial charge < -0.3 is 15.3 Å². The van der Waals surface area contributed by atoms with E-state index in [9.17, 15) is 15.3 Å². The van der Waals surface area contributed by atoms with Crippen molar-refractivity contribution in [3.63, 3.8) is 0 Å². The lowest BCUT2D eigenvalue weighted by Gasteiger charge is -2.38. The van der Waals surface area contributed by atoms with E-state index in [4.69, 9.17) is 0 Å². The van der Waals surface area contributed by atoms with Crippen molar-refractivity contribution in [1.29, 1.82) is 0 Å². The van der Waals surface area contributed by atoms with Gasteiger partial charge in [0.1, 0.15) is 0 Å². The Bertz CT molecular complexity index is 731. The van der Waals surface area contributed by atoms with Crippen molar-refractivity contribution in [3.05, 3.63) is 58.7 Å². The van der Waals surface area contributed by atoms with Gasteiger partial charge >= 0.3 is 0 Å². The third-order valence-corrected chi connectivity index (χ3v) is 7.09. The average Bonchev–Trinajstić information content (AvgIpc) is 2.71. The van der Waals surface area contributed by atoms with Gasteiger partial charge in [-0.15, -0.1) is 0 Å². The summed E-state index contributed by atoms with van der Waals surface area (Å²) in [6.07, 6.45) is 8.12. The predicted molar refractivity (Wildman–Crippen MR) is 133 cm³/mol. The highest BCUT2D eigenvalue weighted by atomic mass is 16.3. The van der Waals surface area contributed by atoms with Crippen molar-refractivity contribution in [1.82, 2.24) is 0 Å². The van der Waals surface area contributed by atoms with E-state index in [-0.39, 0.29) is 17.9 Å². The molecule has 0 aromatic heterocycles. The van der Waals surface area contributed by atoms with Crippen molar-refractivity contribution in [2.75, 3.05) is 0 Å². The van der Waals surface area contributed by atoms with Gasteiger partial charge in [0.25, 0.3) is 0 Å². The van der Waals surface area contributed by atoms with Gasteiger partial charge in [-0.05, 0) is 57.1 Å². The molecular weight excluding hydrogens is 384 g/mol. The Hall–Kier alpha value is -1.42. The second kappa shape index (κ2) is 12.0. The van der Waals surface area contributed by atoms with Crippen LogP contribution in [0.2, 0.25) is 0 Å². The van der Waals surface area contributed by atoms with Crippen molar-refractivity contribution in [3.8, 4) is 0 Å². The van der Waals surface area contributed by atoms with Crippen LogP contribution in [-0.4, -0.2) is 33.6 Å². The smallest absolute Gasteiger partial charge is 0.0837 e. The minimum atomic E-state index is -0.636. The lowest BCUT2D eigenvalue weighted by molar-refractivity contribution is 0.00226. The highest BCUT2D eigenvalue weighted by Crippen LogP contribution is 2.38. The van der Waals surface area contributed by atoms with E-state index in [2.05, 4.69) is 53.3 Å². The van der Waals surface area contributed by atoms with Gasteiger partial charge in [-0.25, -0.2) is 0 Å². The van der Waals surface area contributed by atoms with Gasteiger partial charge in [0, 0.05) is 17.8 Å². The van der Waals surface area contributed by atoms with Crippen LogP contribution in [0.25, 0.3) is 0 Å². The van der Waals surface area contributed by atoms with E-state index in [1.807, 2.05) is 39.8 Å². The van der Waals surface area contributed by atoms with Crippen LogP contribution in [0, 0.1) is 29.6 Å². The molecule has 3 heteroatoms. The quantitative estimate of drug-likeness (QED) is 0.504. The third-order valence-electron chi connectivity index (χ3n) is 7.09. The second-order valence-corrected chi connectivity index (χ2v) is 10.3. The Morgan fingerprint density at radius 1 is 0.774 bits per heavy atom. The maximum absolute atomic E-state index is 10.1. The van der Waals surface area contributed by atoms with Crippen molar-refractivity contribution in [2.24, 2.45) is 29.6 Å². The Morgan fingerprint density at radius 2 is 1.26 bits per heavy atom. The molecule has 31 heavy (non-hydrogen) atoms. The number of aliphatic hydroxyl groups excluding tert-OH is 3. The molecule has 2 saturated carbocycles. The maximum Gasteiger partial charge on any atom is 0.0837 e. The summed E-state index contributed by atoms with van der Waals surface area (Å²) in [4.78, 5) is 0. The zero-order valence-corrected chi connectivity index (χ0v) is 21.2. The number of hydrogen-bond donors (Lipinski definition) is 3. The molecule has 0 radical (unpaired) electrons. The highest BCUT2D eigenvalue weighted by Gasteiger charge is 2.37. The number of hydrogen-bond acceptors (Lipinski definition) is 3. The van der Waals surface area contributed by atoms with Crippen molar-refractivity contribution < 1.29 is 15.3 Å². The zero-order valence-electron chi connectivity index (χ0n) is 21.2. The van der Waals surface area contributed by atoms with Crippen LogP contribution in [0.5, 0.6) is 0 Å². The van der Waals surface area contributed by atoms with E-state index >= 15 is 0 Å². The van der Waals surface area contributed by atoms with Gasteiger partial charge in [0.05, 0.1) is 18.3 Å². The lowest BCUT2D eigenvalue weighted by Crippen LogP contribution is -2.41. The van der Waals surface area contributed by atoms with Crippen LogP contribution in [0.15, 0.2) is 58.7 Å². The molecule has 0 spiro atoms. The fourth-order valence-electron chi connectivity index (χ4n) is 4.37. The number of aliphatic hydroxyl groups is 3. The van der Waals surface area contributed by atoms with E-state index in [1.165, 1.54) is 16.7 Å². The molecule has 176 valence electrons. The summed E-state index contributed by atoms with van der Waals surface area (Å²) in [6.45, 7) is 22.5. The molecule has 0 aliphatic heterocycles. The molecule has 2 rings (SSSR count). The highest BCUT2D eigenvalue weighted by molar-refractivity contribution is 5.40. The van der Waals surface area contributed by atoms with Gasteiger partial charge in [-0.2, -0.15) is 0 Å². The number of allylic oxidation sites excluding steroid dienone is 6. The molecule has 0 saturated heterocycles. The first-order valence-corrected chi connectivity index (χ1v) is 11.7. The fourth-order valence-corrected chi connectivity index (χ4v) is 4.37. The topological polar surface area (TPSA) is 60.7 Å². The minimum absolute atomic E-state index is 0.0292. The molecule has 2 aliphatic rings. The first-order valence-electron chi connectivity index (χ1n) is 11.7. The van der Waals surface area contributed by atoms with Crippen molar-refractivity contribution in [2.45, 2.75) is 87.0 Å². The Balaban J connectivity index is 0.000000311. The normalized spacial score (nSPS) is 38.4. The molecule has 3 nitrogen and oxygen atoms in total. The summed E-state index contributed by atoms with van der Waals surface area (Å²) in [5.74, 6) is 1.21. The molecular formula is C28H46O3. The molecule has 0 unspecified atom stereocenters. The molecule has 0 heterocycles. The predicted octanol–water partition coefficient (Wildman–Crippen LogP) is 5.99. The SMILES string of the molecule is C=C1/C(=C\C=C(C)C)[C@@H](C)[C@@H](O)[C@@H](C)[C@@H]1O.CC(C)=C/C=C1\C[C@@H](C)[C@H](C)[C@H](O)[C@@H]1C. The summed E-state index contributed by atoms with van der Waals surface area (Å²) in [5, 5.41) is 30.0. The second-order valence-electron chi connectivity index (χ2n) is 10.3. The van der Waals surface area contributed by atoms with Gasteiger partial charge in [-0.3, -0.25) is 0 Å². The van der Waals surface area contributed by atoms with E-state index in [0.29, 0.717) is 17.8 Å².